The van der Waals surface area contributed by atoms with E-state index in [1.165, 1.54) is 29.8 Å². The molecule has 11 nitrogen and oxygen atoms in total. The van der Waals surface area contributed by atoms with Gasteiger partial charge in [-0.15, -0.1) is 11.3 Å². The lowest BCUT2D eigenvalue weighted by molar-refractivity contribution is 0.0402. The molecule has 224 valence electrons. The van der Waals surface area contributed by atoms with Gasteiger partial charge in [-0.05, 0) is 39.0 Å². The number of halogens is 2. The van der Waals surface area contributed by atoms with Crippen molar-refractivity contribution in [2.24, 2.45) is 0 Å². The Balaban J connectivity index is 1.26. The molecule has 5 rings (SSSR count). The quantitative estimate of drug-likeness (QED) is 0.182. The van der Waals surface area contributed by atoms with Gasteiger partial charge >= 0.3 is 12.1 Å². The third-order valence-corrected chi connectivity index (χ3v) is 7.50. The van der Waals surface area contributed by atoms with Crippen LogP contribution in [0.4, 0.5) is 14.9 Å². The van der Waals surface area contributed by atoms with Gasteiger partial charge in [0.05, 0.1) is 53.2 Å². The second kappa shape index (κ2) is 12.9. The van der Waals surface area contributed by atoms with Gasteiger partial charge in [-0.1, -0.05) is 11.6 Å². The number of hydrogen-bond acceptors (Lipinski definition) is 11. The highest BCUT2D eigenvalue weighted by Crippen LogP contribution is 2.38. The van der Waals surface area contributed by atoms with Crippen molar-refractivity contribution in [1.29, 1.82) is 0 Å². The molecule has 0 aliphatic carbocycles. The third-order valence-electron chi connectivity index (χ3n) is 6.23. The molecule has 0 saturated carbocycles. The minimum Gasteiger partial charge on any atom is -0.495 e. The zero-order chi connectivity index (χ0) is 30.7. The van der Waals surface area contributed by atoms with Crippen LogP contribution in [0.15, 0.2) is 48.9 Å². The van der Waals surface area contributed by atoms with Crippen molar-refractivity contribution in [2.75, 3.05) is 19.0 Å². The Morgan fingerprint density at radius 3 is 2.56 bits per heavy atom. The number of nitrogens with one attached hydrogen (secondary N) is 1. The number of aliphatic hydroxyl groups is 1. The summed E-state index contributed by atoms with van der Waals surface area (Å²) in [6.45, 7) is 4.89. The Morgan fingerprint density at radius 2 is 1.84 bits per heavy atom. The van der Waals surface area contributed by atoms with Crippen LogP contribution in [-0.4, -0.2) is 63.2 Å². The number of pyridine rings is 1. The summed E-state index contributed by atoms with van der Waals surface area (Å²) in [6.07, 6.45) is 1.40. The Morgan fingerprint density at radius 1 is 1.07 bits per heavy atom. The van der Waals surface area contributed by atoms with Crippen molar-refractivity contribution in [1.82, 2.24) is 19.9 Å². The van der Waals surface area contributed by atoms with Crippen molar-refractivity contribution in [2.45, 2.75) is 39.1 Å². The number of hydrogen-bond donors (Lipinski definition) is 2. The predicted molar refractivity (Wildman–Crippen MR) is 161 cm³/mol. The maximum atomic E-state index is 15.1. The van der Waals surface area contributed by atoms with Crippen LogP contribution in [0, 0.1) is 5.82 Å². The zero-order valence-corrected chi connectivity index (χ0v) is 25.1. The van der Waals surface area contributed by atoms with Crippen LogP contribution in [-0.2, 0) is 4.74 Å². The summed E-state index contributed by atoms with van der Waals surface area (Å²) in [5.74, 6) is -0.0192. The molecule has 2 aromatic carbocycles. The van der Waals surface area contributed by atoms with E-state index >= 15 is 4.39 Å². The summed E-state index contributed by atoms with van der Waals surface area (Å²) >= 11 is 7.73. The number of anilines is 1. The first-order valence-corrected chi connectivity index (χ1v) is 14.3. The van der Waals surface area contributed by atoms with Gasteiger partial charge in [0.2, 0.25) is 0 Å². The molecule has 0 aliphatic heterocycles. The molecule has 0 bridgehead atoms. The first kappa shape index (κ1) is 30.1. The van der Waals surface area contributed by atoms with Gasteiger partial charge in [-0.25, -0.2) is 24.1 Å². The molecule has 2 N–H and O–H groups in total. The number of methoxy groups -OCH3 is 1. The van der Waals surface area contributed by atoms with Crippen molar-refractivity contribution in [3.63, 3.8) is 0 Å². The van der Waals surface area contributed by atoms with Gasteiger partial charge in [0.25, 0.3) is 0 Å². The molecule has 0 aliphatic rings. The van der Waals surface area contributed by atoms with Crippen molar-refractivity contribution >= 4 is 55.8 Å². The molecule has 1 amide bonds. The van der Waals surface area contributed by atoms with Crippen LogP contribution in [0.1, 0.15) is 20.8 Å². The number of aromatic nitrogens is 4. The molecule has 5 aromatic rings. The minimum absolute atomic E-state index is 0.00828. The summed E-state index contributed by atoms with van der Waals surface area (Å²) < 4.78 is 37.5. The highest BCUT2D eigenvalue weighted by molar-refractivity contribution is 7.21. The van der Waals surface area contributed by atoms with E-state index in [4.69, 9.17) is 30.5 Å². The number of fused-ring (bicyclic) bond motifs is 2. The lowest BCUT2D eigenvalue weighted by Gasteiger charge is -2.22. The molecule has 0 saturated heterocycles. The van der Waals surface area contributed by atoms with Crippen LogP contribution in [0.5, 0.6) is 17.5 Å². The van der Waals surface area contributed by atoms with Crippen LogP contribution >= 0.6 is 22.9 Å². The molecular formula is C29H27ClFN5O6S. The zero-order valence-electron chi connectivity index (χ0n) is 23.5. The van der Waals surface area contributed by atoms with E-state index in [9.17, 15) is 9.90 Å². The van der Waals surface area contributed by atoms with Gasteiger partial charge < -0.3 is 24.1 Å². The monoisotopic (exact) mass is 627 g/mol. The van der Waals surface area contributed by atoms with Crippen LogP contribution in [0.3, 0.4) is 0 Å². The molecular weight excluding hydrogens is 601 g/mol. The van der Waals surface area contributed by atoms with Crippen LogP contribution < -0.4 is 19.5 Å². The largest absolute Gasteiger partial charge is 0.495 e. The summed E-state index contributed by atoms with van der Waals surface area (Å²) in [5, 5.41) is 13.7. The molecule has 0 unspecified atom stereocenters. The predicted octanol–water partition coefficient (Wildman–Crippen LogP) is 6.27. The molecule has 3 heterocycles. The molecule has 0 fully saturated rings. The maximum absolute atomic E-state index is 15.1. The summed E-state index contributed by atoms with van der Waals surface area (Å²) in [5.41, 5.74) is 2.12. The Bertz CT molecular complexity index is 1770. The minimum atomic E-state index is -0.771. The number of thiazole rings is 1. The normalized spacial score (nSPS) is 13.4. The average Bonchev–Trinajstić information content (AvgIpc) is 3.38. The Labute approximate surface area is 254 Å². The average molecular weight is 628 g/mol. The number of ether oxygens (including phenoxy) is 4. The second-order valence-corrected chi connectivity index (χ2v) is 11.1. The van der Waals surface area contributed by atoms with Gasteiger partial charge in [0.15, 0.2) is 11.6 Å². The molecule has 3 aromatic heterocycles. The summed E-state index contributed by atoms with van der Waals surface area (Å²) in [7, 11) is 1.56. The Kier molecular flexibility index (Phi) is 9.04. The van der Waals surface area contributed by atoms with Gasteiger partial charge in [0.1, 0.15) is 29.6 Å². The van der Waals surface area contributed by atoms with E-state index in [0.29, 0.717) is 37.1 Å². The smallest absolute Gasteiger partial charge is 0.412 e. The van der Waals surface area contributed by atoms with E-state index in [1.807, 2.05) is 6.07 Å². The molecule has 3 atom stereocenters. The maximum Gasteiger partial charge on any atom is 0.412 e. The molecule has 0 spiro atoms. The lowest BCUT2D eigenvalue weighted by Crippen LogP contribution is -2.32. The third kappa shape index (κ3) is 7.19. The van der Waals surface area contributed by atoms with Crippen LogP contribution in [0.25, 0.3) is 31.7 Å². The fourth-order valence-corrected chi connectivity index (χ4v) is 5.18. The standard InChI is InChI=1S/C29H27ClFN5O6S/c1-14(37)13-40-28-33-10-19(11-34-28)35-29(38)42-16(3)15(2)41-24-9-25-23(8-22(24)31)36-27(43-25)21-7-18(30)5-17-6-20(39-4)12-32-26(17)21/h5-12,14-16,37H,13H2,1-4H3,(H,35,38)/t14-,15+,16-/m1/s1. The Hall–Kier alpha value is -4.33. The molecule has 0 radical (unpaired) electrons. The summed E-state index contributed by atoms with van der Waals surface area (Å²) in [4.78, 5) is 29.5. The van der Waals surface area contributed by atoms with Gasteiger partial charge in [0, 0.05) is 28.1 Å². The second-order valence-electron chi connectivity index (χ2n) is 9.64. The highest BCUT2D eigenvalue weighted by atomic mass is 35.5. The molecule has 43 heavy (non-hydrogen) atoms. The highest BCUT2D eigenvalue weighted by Gasteiger charge is 2.22. The van der Waals surface area contributed by atoms with Crippen LogP contribution in [0.2, 0.25) is 5.02 Å². The number of carbonyl (C=O) groups is 1. The number of rotatable bonds is 10. The first-order valence-electron chi connectivity index (χ1n) is 13.1. The summed E-state index contributed by atoms with van der Waals surface area (Å²) in [6, 6.07) is 8.32. The SMILES string of the molecule is COc1cnc2c(-c3nc4cc(F)c(O[C@@H](C)[C@@H](C)OC(=O)Nc5cnc(OC[C@@H](C)O)nc5)cc4s3)cc(Cl)cc2c1. The molecule has 14 heteroatoms. The van der Waals surface area contributed by atoms with Gasteiger partial charge in [-0.2, -0.15) is 0 Å². The van der Waals surface area contributed by atoms with E-state index < -0.39 is 30.2 Å². The lowest BCUT2D eigenvalue weighted by atomic mass is 10.1. The van der Waals surface area contributed by atoms with Crippen molar-refractivity contribution < 1.29 is 33.2 Å². The number of aliphatic hydroxyl groups excluding tert-OH is 1. The fourth-order valence-electron chi connectivity index (χ4n) is 3.96. The first-order chi connectivity index (χ1) is 20.6. The number of nitrogens with zero attached hydrogens (tertiary/aromatic N) is 4. The van der Waals surface area contributed by atoms with E-state index in [0.717, 1.165) is 5.39 Å². The van der Waals surface area contributed by atoms with Crippen molar-refractivity contribution in [3.8, 4) is 28.1 Å². The van der Waals surface area contributed by atoms with E-state index in [2.05, 4.69) is 25.3 Å². The number of amides is 1. The fraction of sp³-hybridized carbons (Fsp3) is 0.276. The topological polar surface area (TPSA) is 138 Å². The number of benzene rings is 2. The van der Waals surface area contributed by atoms with Crippen molar-refractivity contribution in [3.05, 3.63) is 59.8 Å². The number of carbonyl (C=O) groups excluding carboxylic acids is 1. The van der Waals surface area contributed by atoms with E-state index in [1.54, 1.807) is 52.3 Å². The van der Waals surface area contributed by atoms with Gasteiger partial charge in [-0.3, -0.25) is 10.3 Å². The van der Waals surface area contributed by atoms with E-state index in [-0.39, 0.29) is 24.1 Å².